The van der Waals surface area contributed by atoms with Crippen LogP contribution in [0.15, 0.2) is 0 Å². The first-order valence-corrected chi connectivity index (χ1v) is 5.14. The molecule has 0 aromatic carbocycles. The zero-order valence-corrected chi connectivity index (χ0v) is 18.0. The third kappa shape index (κ3) is 9.38. The molecule has 0 saturated heterocycles. The molecule has 0 aromatic rings. The van der Waals surface area contributed by atoms with Crippen LogP contribution in [0.2, 0.25) is 0 Å². The number of carboxylic acids is 1. The summed E-state index contributed by atoms with van der Waals surface area (Å²) in [5.74, 6) is -1.32. The van der Waals surface area contributed by atoms with E-state index in [1.165, 1.54) is 0 Å². The Balaban J connectivity index is 0. The molecular weight excluding hydrogens is 343 g/mol. The Hall–Kier alpha value is 0.792. The second-order valence-corrected chi connectivity index (χ2v) is 5.76. The Kier molecular flexibility index (Phi) is 8.75. The molecule has 94 valence electrons. The van der Waals surface area contributed by atoms with Gasteiger partial charge in [-0.15, -0.1) is 0 Å². The van der Waals surface area contributed by atoms with Gasteiger partial charge in [0, 0.05) is 0 Å². The van der Waals surface area contributed by atoms with Gasteiger partial charge in [-0.3, -0.25) is 0 Å². The molecule has 0 spiro atoms. The molecule has 0 heterocycles. The summed E-state index contributed by atoms with van der Waals surface area (Å²) in [6.45, 7) is 10.2. The van der Waals surface area contributed by atoms with Crippen molar-refractivity contribution < 1.29 is 88.3 Å². The van der Waals surface area contributed by atoms with E-state index in [0.29, 0.717) is 0 Å². The van der Waals surface area contributed by atoms with Gasteiger partial charge in [0.2, 0.25) is 0 Å². The predicted molar refractivity (Wildman–Crippen MR) is 57.6 cm³/mol. The topological polar surface area (TPSA) is 78.5 Å². The standard InChI is InChI=1S/C11H21NO4.Cs/c1-10(2,3)7(8(13)14)12-9(15)16-11(4,5)6;/h7H,1-6H3,(H,12,15)(H,13,14);/q;+1/p-1/t7-;/m1./s1. The zero-order valence-electron chi connectivity index (χ0n) is 11.7. The Morgan fingerprint density at radius 2 is 1.53 bits per heavy atom. The first kappa shape index (κ1) is 20.1. The van der Waals surface area contributed by atoms with E-state index in [4.69, 9.17) is 4.74 Å². The molecule has 0 radical (unpaired) electrons. The molecule has 0 aliphatic rings. The van der Waals surface area contributed by atoms with Gasteiger partial charge in [0.1, 0.15) is 5.60 Å². The van der Waals surface area contributed by atoms with Crippen LogP contribution in [0.1, 0.15) is 41.5 Å². The summed E-state index contributed by atoms with van der Waals surface area (Å²) in [5, 5.41) is 13.2. The van der Waals surface area contributed by atoms with E-state index in [1.807, 2.05) is 0 Å². The van der Waals surface area contributed by atoms with Gasteiger partial charge >= 0.3 is 75.0 Å². The largest absolute Gasteiger partial charge is 1.00 e. The van der Waals surface area contributed by atoms with E-state index < -0.39 is 29.1 Å². The predicted octanol–water partition coefficient (Wildman–Crippen LogP) is -2.32. The summed E-state index contributed by atoms with van der Waals surface area (Å²) in [7, 11) is 0. The minimum absolute atomic E-state index is 0. The number of aliphatic carboxylic acids is 1. The number of ether oxygens (including phenoxy) is 1. The van der Waals surface area contributed by atoms with Crippen LogP contribution in [0.4, 0.5) is 4.79 Å². The maximum Gasteiger partial charge on any atom is 1.00 e. The van der Waals surface area contributed by atoms with E-state index >= 15 is 0 Å². The van der Waals surface area contributed by atoms with E-state index in [-0.39, 0.29) is 68.9 Å². The summed E-state index contributed by atoms with van der Waals surface area (Å²) in [4.78, 5) is 22.3. The molecule has 0 fully saturated rings. The van der Waals surface area contributed by atoms with Gasteiger partial charge < -0.3 is 20.0 Å². The zero-order chi connectivity index (χ0) is 13.1. The Bertz CT molecular complexity index is 278. The smallest absolute Gasteiger partial charge is 0.548 e. The van der Waals surface area contributed by atoms with Crippen LogP contribution in [0.25, 0.3) is 0 Å². The fourth-order valence-corrected chi connectivity index (χ4v) is 1.05. The number of carbonyl (C=O) groups is 2. The van der Waals surface area contributed by atoms with Crippen molar-refractivity contribution in [2.75, 3.05) is 0 Å². The maximum atomic E-state index is 11.4. The van der Waals surface area contributed by atoms with Gasteiger partial charge in [-0.05, 0) is 26.2 Å². The van der Waals surface area contributed by atoms with Crippen molar-refractivity contribution in [3.8, 4) is 0 Å². The van der Waals surface area contributed by atoms with E-state index in [1.54, 1.807) is 41.5 Å². The first-order chi connectivity index (χ1) is 6.93. The molecule has 1 amide bonds. The van der Waals surface area contributed by atoms with Crippen molar-refractivity contribution >= 4 is 12.1 Å². The summed E-state index contributed by atoms with van der Waals surface area (Å²) in [5.41, 5.74) is -1.28. The van der Waals surface area contributed by atoms with Gasteiger partial charge in [-0.1, -0.05) is 20.8 Å². The van der Waals surface area contributed by atoms with Crippen molar-refractivity contribution in [1.82, 2.24) is 5.32 Å². The molecule has 1 atom stereocenters. The fourth-order valence-electron chi connectivity index (χ4n) is 1.05. The maximum absolute atomic E-state index is 11.4. The monoisotopic (exact) mass is 363 g/mol. The molecule has 6 heteroatoms. The van der Waals surface area contributed by atoms with Crippen LogP contribution in [0, 0.1) is 5.41 Å². The quantitative estimate of drug-likeness (QED) is 0.598. The fraction of sp³-hybridized carbons (Fsp3) is 0.818. The molecule has 17 heavy (non-hydrogen) atoms. The van der Waals surface area contributed by atoms with Crippen LogP contribution in [-0.2, 0) is 9.53 Å². The average molecular weight is 363 g/mol. The molecule has 0 aromatic heterocycles. The molecule has 0 aliphatic heterocycles. The third-order valence-electron chi connectivity index (χ3n) is 1.76. The molecule has 5 nitrogen and oxygen atoms in total. The average Bonchev–Trinajstić information content (AvgIpc) is 1.93. The molecule has 1 N–H and O–H groups in total. The minimum atomic E-state index is -1.32. The SMILES string of the molecule is CC(C)(C)OC(=O)N[C@H](C(=O)[O-])C(C)(C)C.[Cs+]. The molecule has 0 aliphatic carbocycles. The third-order valence-corrected chi connectivity index (χ3v) is 1.76. The van der Waals surface area contributed by atoms with E-state index in [9.17, 15) is 14.7 Å². The van der Waals surface area contributed by atoms with Gasteiger partial charge in [0.25, 0.3) is 0 Å². The number of carbonyl (C=O) groups excluding carboxylic acids is 2. The van der Waals surface area contributed by atoms with E-state index in [2.05, 4.69) is 5.32 Å². The second-order valence-electron chi connectivity index (χ2n) is 5.76. The van der Waals surface area contributed by atoms with Gasteiger partial charge in [0.15, 0.2) is 0 Å². The number of nitrogens with one attached hydrogen (secondary N) is 1. The Morgan fingerprint density at radius 1 is 1.12 bits per heavy atom. The van der Waals surface area contributed by atoms with Crippen LogP contribution in [-0.4, -0.2) is 23.7 Å². The number of hydrogen-bond donors (Lipinski definition) is 1. The van der Waals surface area contributed by atoms with Gasteiger partial charge in [-0.25, -0.2) is 4.79 Å². The van der Waals surface area contributed by atoms with Crippen LogP contribution >= 0.6 is 0 Å². The number of alkyl carbamates (subject to hydrolysis) is 1. The molecule has 0 bridgehead atoms. The van der Waals surface area contributed by atoms with Crippen LogP contribution < -0.4 is 79.3 Å². The van der Waals surface area contributed by atoms with E-state index in [0.717, 1.165) is 0 Å². The van der Waals surface area contributed by atoms with Crippen LogP contribution in [0.5, 0.6) is 0 Å². The Morgan fingerprint density at radius 3 is 1.76 bits per heavy atom. The van der Waals surface area contributed by atoms with Crippen molar-refractivity contribution in [2.45, 2.75) is 53.2 Å². The molecular formula is C11H20CsNO4. The van der Waals surface area contributed by atoms with Crippen molar-refractivity contribution in [3.05, 3.63) is 0 Å². The number of rotatable bonds is 2. The Labute approximate surface area is 161 Å². The van der Waals surface area contributed by atoms with Crippen molar-refractivity contribution in [1.29, 1.82) is 0 Å². The number of amides is 1. The minimum Gasteiger partial charge on any atom is -0.548 e. The first-order valence-electron chi connectivity index (χ1n) is 5.14. The van der Waals surface area contributed by atoms with Gasteiger partial charge in [-0.2, -0.15) is 0 Å². The van der Waals surface area contributed by atoms with Crippen molar-refractivity contribution in [3.63, 3.8) is 0 Å². The summed E-state index contributed by atoms with van der Waals surface area (Å²) in [6, 6.07) is -1.08. The molecule has 0 unspecified atom stereocenters. The summed E-state index contributed by atoms with van der Waals surface area (Å²) < 4.78 is 4.97. The van der Waals surface area contributed by atoms with Crippen molar-refractivity contribution in [2.24, 2.45) is 5.41 Å². The van der Waals surface area contributed by atoms with Gasteiger partial charge in [0.05, 0.1) is 12.0 Å². The second kappa shape index (κ2) is 7.40. The molecule has 0 saturated carbocycles. The molecule has 0 rings (SSSR count). The summed E-state index contributed by atoms with van der Waals surface area (Å²) in [6.07, 6.45) is -0.753. The van der Waals surface area contributed by atoms with Crippen LogP contribution in [0.3, 0.4) is 0 Å². The number of hydrogen-bond acceptors (Lipinski definition) is 4. The number of carboxylic acid groups (broad SMARTS) is 1. The summed E-state index contributed by atoms with van der Waals surface area (Å²) >= 11 is 0. The normalized spacial score (nSPS) is 13.3.